The average Bonchev–Trinajstić information content (AvgIpc) is 3.03. The fraction of sp³-hybridized carbons (Fsp3) is 0.760. The van der Waals surface area contributed by atoms with Gasteiger partial charge in [0.2, 0.25) is 5.91 Å². The van der Waals surface area contributed by atoms with Gasteiger partial charge in [0.05, 0.1) is 12.5 Å². The van der Waals surface area contributed by atoms with E-state index >= 15 is 0 Å². The smallest absolute Gasteiger partial charge is 0.411 e. The van der Waals surface area contributed by atoms with Crippen molar-refractivity contribution >= 4 is 23.9 Å². The van der Waals surface area contributed by atoms with Crippen LogP contribution in [-0.2, 0) is 28.6 Å². The second-order valence-electron chi connectivity index (χ2n) is 10.9. The molecule has 0 aromatic rings. The van der Waals surface area contributed by atoms with E-state index in [1.807, 2.05) is 19.1 Å². The number of aliphatic hydroxyl groups excluding tert-OH is 1. The van der Waals surface area contributed by atoms with Crippen molar-refractivity contribution in [2.45, 2.75) is 105 Å². The van der Waals surface area contributed by atoms with Gasteiger partial charge in [-0.05, 0) is 67.2 Å². The van der Waals surface area contributed by atoms with Crippen LogP contribution in [-0.4, -0.2) is 70.1 Å². The number of likely N-dealkylation sites (tertiary alicyclic amines) is 1. The van der Waals surface area contributed by atoms with Crippen LogP contribution in [0, 0.1) is 11.8 Å². The predicted molar refractivity (Wildman–Crippen MR) is 129 cm³/mol. The van der Waals surface area contributed by atoms with E-state index in [-0.39, 0.29) is 12.3 Å². The summed E-state index contributed by atoms with van der Waals surface area (Å²) >= 11 is 0. The van der Waals surface area contributed by atoms with Crippen LogP contribution in [0.1, 0.15) is 75.2 Å². The van der Waals surface area contributed by atoms with Gasteiger partial charge < -0.3 is 24.6 Å². The van der Waals surface area contributed by atoms with Gasteiger partial charge in [-0.2, -0.15) is 0 Å². The maximum Gasteiger partial charge on any atom is 0.411 e. The summed E-state index contributed by atoms with van der Waals surface area (Å²) in [6, 6.07) is -1.43. The Morgan fingerprint density at radius 1 is 1.09 bits per heavy atom. The highest BCUT2D eigenvalue weighted by Gasteiger charge is 2.49. The van der Waals surface area contributed by atoms with Crippen molar-refractivity contribution in [3.05, 3.63) is 12.2 Å². The SMILES string of the molecule is CC=C[C@@H]1C[C@H](C(=O)OC(C)(C)C)N(C(=O)OC(C)(C)C)[C@@H]1CC(C)C(=O)OC(CO)NC(C)=O. The van der Waals surface area contributed by atoms with Crippen LogP contribution in [0.4, 0.5) is 4.79 Å². The molecule has 5 atom stereocenters. The number of carbonyl (C=O) groups excluding carboxylic acids is 4. The maximum atomic E-state index is 13.3. The van der Waals surface area contributed by atoms with Crippen LogP contribution in [0.2, 0.25) is 0 Å². The highest BCUT2D eigenvalue weighted by Crippen LogP contribution is 2.37. The van der Waals surface area contributed by atoms with Crippen molar-refractivity contribution in [2.75, 3.05) is 6.61 Å². The molecule has 2 unspecified atom stereocenters. The first-order valence-electron chi connectivity index (χ1n) is 11.9. The molecule has 1 fully saturated rings. The molecule has 1 heterocycles. The third kappa shape index (κ3) is 9.87. The molecular weight excluding hydrogens is 456 g/mol. The Kier molecular flexibility index (Phi) is 10.8. The summed E-state index contributed by atoms with van der Waals surface area (Å²) in [5.41, 5.74) is -1.54. The van der Waals surface area contributed by atoms with Crippen LogP contribution >= 0.6 is 0 Å². The molecular formula is C25H42N2O8. The van der Waals surface area contributed by atoms with E-state index in [2.05, 4.69) is 5.32 Å². The second-order valence-corrected chi connectivity index (χ2v) is 10.9. The summed E-state index contributed by atoms with van der Waals surface area (Å²) in [7, 11) is 0. The number of rotatable bonds is 8. The average molecular weight is 499 g/mol. The quantitative estimate of drug-likeness (QED) is 0.226. The van der Waals surface area contributed by atoms with Crippen LogP contribution in [0.5, 0.6) is 0 Å². The zero-order chi connectivity index (χ0) is 27.1. The summed E-state index contributed by atoms with van der Waals surface area (Å²) < 4.78 is 16.4. The van der Waals surface area contributed by atoms with Crippen molar-refractivity contribution in [1.82, 2.24) is 10.2 Å². The third-order valence-electron chi connectivity index (χ3n) is 5.19. The van der Waals surface area contributed by atoms with Gasteiger partial charge >= 0.3 is 18.0 Å². The van der Waals surface area contributed by atoms with E-state index in [0.717, 1.165) is 0 Å². The molecule has 0 aromatic carbocycles. The van der Waals surface area contributed by atoms with E-state index in [4.69, 9.17) is 14.2 Å². The van der Waals surface area contributed by atoms with E-state index in [1.54, 1.807) is 48.5 Å². The minimum Gasteiger partial charge on any atom is -0.458 e. The number of nitrogens with zero attached hydrogens (tertiary/aromatic N) is 1. The topological polar surface area (TPSA) is 131 Å². The molecule has 0 aromatic heterocycles. The zero-order valence-electron chi connectivity index (χ0n) is 22.4. The lowest BCUT2D eigenvalue weighted by molar-refractivity contribution is -0.160. The summed E-state index contributed by atoms with van der Waals surface area (Å²) in [5.74, 6) is -2.59. The number of hydrogen-bond acceptors (Lipinski definition) is 8. The Morgan fingerprint density at radius 3 is 2.11 bits per heavy atom. The van der Waals surface area contributed by atoms with Crippen molar-refractivity contribution in [2.24, 2.45) is 11.8 Å². The Labute approximate surface area is 208 Å². The first-order chi connectivity index (χ1) is 16.0. The fourth-order valence-corrected chi connectivity index (χ4v) is 3.92. The number of esters is 2. The largest absolute Gasteiger partial charge is 0.458 e. The summed E-state index contributed by atoms with van der Waals surface area (Å²) in [6.45, 7) is 14.6. The minimum atomic E-state index is -1.17. The monoisotopic (exact) mass is 498 g/mol. The van der Waals surface area contributed by atoms with Gasteiger partial charge in [-0.1, -0.05) is 19.1 Å². The molecule has 0 aliphatic carbocycles. The lowest BCUT2D eigenvalue weighted by atomic mass is 9.91. The fourth-order valence-electron chi connectivity index (χ4n) is 3.92. The summed E-state index contributed by atoms with van der Waals surface area (Å²) in [5, 5.41) is 11.7. The number of amides is 2. The molecule has 1 saturated heterocycles. The van der Waals surface area contributed by atoms with Crippen molar-refractivity contribution in [3.8, 4) is 0 Å². The number of carbonyl (C=O) groups is 4. The van der Waals surface area contributed by atoms with Gasteiger partial charge in [0, 0.05) is 13.0 Å². The van der Waals surface area contributed by atoms with Crippen LogP contribution < -0.4 is 5.32 Å². The molecule has 1 aliphatic heterocycles. The number of nitrogens with one attached hydrogen (secondary N) is 1. The number of allylic oxidation sites excluding steroid dienone is 1. The van der Waals surface area contributed by atoms with Crippen molar-refractivity contribution in [3.63, 3.8) is 0 Å². The second kappa shape index (κ2) is 12.4. The molecule has 1 aliphatic rings. The van der Waals surface area contributed by atoms with Crippen molar-refractivity contribution < 1.29 is 38.5 Å². The number of aliphatic hydroxyl groups is 1. The molecule has 200 valence electrons. The predicted octanol–water partition coefficient (Wildman–Crippen LogP) is 2.92. The normalized spacial score (nSPS) is 22.5. The van der Waals surface area contributed by atoms with Crippen LogP contribution in [0.25, 0.3) is 0 Å². The lowest BCUT2D eigenvalue weighted by Crippen LogP contribution is -2.50. The first kappa shape index (κ1) is 30.4. The molecule has 0 spiro atoms. The number of ether oxygens (including phenoxy) is 3. The first-order valence-corrected chi connectivity index (χ1v) is 11.9. The summed E-state index contributed by atoms with van der Waals surface area (Å²) in [4.78, 5) is 51.7. The zero-order valence-corrected chi connectivity index (χ0v) is 22.4. The minimum absolute atomic E-state index is 0.171. The van der Waals surface area contributed by atoms with E-state index in [1.165, 1.54) is 11.8 Å². The summed E-state index contributed by atoms with van der Waals surface area (Å²) in [6.07, 6.45) is 2.38. The Morgan fingerprint density at radius 2 is 1.66 bits per heavy atom. The molecule has 35 heavy (non-hydrogen) atoms. The standard InChI is InChI=1S/C25H42N2O8/c1-10-11-17-13-19(22(31)34-24(4,5)6)27(23(32)35-25(7,8)9)18(17)12-15(2)21(30)33-20(14-28)26-16(3)29/h10-11,15,17-20,28H,12-14H2,1-9H3,(H,26,29)/t15?,17-,18-,19-,20?/m1/s1. The van der Waals surface area contributed by atoms with Gasteiger partial charge in [0.15, 0.2) is 6.23 Å². The highest BCUT2D eigenvalue weighted by molar-refractivity contribution is 5.83. The molecule has 0 bridgehead atoms. The van der Waals surface area contributed by atoms with E-state index in [9.17, 15) is 24.3 Å². The molecule has 10 heteroatoms. The molecule has 0 radical (unpaired) electrons. The van der Waals surface area contributed by atoms with Gasteiger partial charge in [0.1, 0.15) is 17.2 Å². The Balaban J connectivity index is 3.25. The van der Waals surface area contributed by atoms with Gasteiger partial charge in [-0.25, -0.2) is 9.59 Å². The molecule has 10 nitrogen and oxygen atoms in total. The number of hydrogen-bond donors (Lipinski definition) is 2. The maximum absolute atomic E-state index is 13.3. The van der Waals surface area contributed by atoms with Crippen molar-refractivity contribution in [1.29, 1.82) is 0 Å². The van der Waals surface area contributed by atoms with Gasteiger partial charge in [-0.3, -0.25) is 14.5 Å². The van der Waals surface area contributed by atoms with E-state index < -0.39 is 66.0 Å². The lowest BCUT2D eigenvalue weighted by Gasteiger charge is -2.34. The van der Waals surface area contributed by atoms with E-state index in [0.29, 0.717) is 6.42 Å². The molecule has 1 rings (SSSR count). The molecule has 2 amide bonds. The van der Waals surface area contributed by atoms with Gasteiger partial charge in [0.25, 0.3) is 0 Å². The van der Waals surface area contributed by atoms with Crippen LogP contribution in [0.15, 0.2) is 12.2 Å². The third-order valence-corrected chi connectivity index (χ3v) is 5.19. The Bertz CT molecular complexity index is 796. The Hall–Kier alpha value is -2.62. The van der Waals surface area contributed by atoms with Gasteiger partial charge in [-0.15, -0.1) is 0 Å². The highest BCUT2D eigenvalue weighted by atomic mass is 16.6. The molecule has 0 saturated carbocycles. The van der Waals surface area contributed by atoms with Crippen LogP contribution in [0.3, 0.4) is 0 Å². The molecule has 2 N–H and O–H groups in total.